The van der Waals surface area contributed by atoms with Crippen LogP contribution < -0.4 is 5.32 Å². The van der Waals surface area contributed by atoms with Crippen molar-refractivity contribution in [2.24, 2.45) is 0 Å². The zero-order chi connectivity index (χ0) is 15.7. The van der Waals surface area contributed by atoms with Crippen molar-refractivity contribution in [2.75, 3.05) is 12.4 Å². The Labute approximate surface area is 132 Å². The molecule has 1 aromatic heterocycles. The number of carbonyl (C=O) groups is 2. The van der Waals surface area contributed by atoms with Crippen LogP contribution in [-0.2, 0) is 16.1 Å². The summed E-state index contributed by atoms with van der Waals surface area (Å²) in [6, 6.07) is 11.0. The van der Waals surface area contributed by atoms with E-state index >= 15 is 0 Å². The maximum absolute atomic E-state index is 12.8. The molecule has 22 heavy (non-hydrogen) atoms. The third kappa shape index (κ3) is 2.50. The van der Waals surface area contributed by atoms with Crippen LogP contribution in [0.2, 0.25) is 0 Å². The number of para-hydroxylation sites is 1. The average molecular weight is 316 g/mol. The van der Waals surface area contributed by atoms with Gasteiger partial charge in [-0.2, -0.15) is 0 Å². The van der Waals surface area contributed by atoms with Crippen LogP contribution in [0.4, 0.5) is 5.69 Å². The molecule has 1 aliphatic heterocycles. The summed E-state index contributed by atoms with van der Waals surface area (Å²) in [6.07, 6.45) is 1.56. The molecular formula is C16H16N2O3S. The zero-order valence-corrected chi connectivity index (χ0v) is 13.1. The van der Waals surface area contributed by atoms with E-state index < -0.39 is 4.75 Å². The molecule has 0 radical (unpaired) electrons. The molecule has 2 heterocycles. The van der Waals surface area contributed by atoms with Crippen LogP contribution in [0.5, 0.6) is 0 Å². The number of thioether (sulfide) groups is 1. The summed E-state index contributed by atoms with van der Waals surface area (Å²) in [5.41, 5.74) is 0.747. The van der Waals surface area contributed by atoms with Crippen LogP contribution in [0.25, 0.3) is 0 Å². The highest BCUT2D eigenvalue weighted by molar-refractivity contribution is 8.02. The monoisotopic (exact) mass is 316 g/mol. The number of nitrogens with one attached hydrogen (secondary N) is 1. The van der Waals surface area contributed by atoms with Crippen LogP contribution >= 0.6 is 11.8 Å². The van der Waals surface area contributed by atoms with Gasteiger partial charge in [0, 0.05) is 11.9 Å². The smallest absolute Gasteiger partial charge is 0.250 e. The van der Waals surface area contributed by atoms with Gasteiger partial charge in [0.25, 0.3) is 0 Å². The van der Waals surface area contributed by atoms with E-state index in [1.54, 1.807) is 32.4 Å². The second kappa shape index (κ2) is 5.53. The normalized spacial score (nSPS) is 20.2. The van der Waals surface area contributed by atoms with Gasteiger partial charge in [-0.25, -0.2) is 0 Å². The topological polar surface area (TPSA) is 62.6 Å². The van der Waals surface area contributed by atoms with Gasteiger partial charge in [-0.1, -0.05) is 23.9 Å². The highest BCUT2D eigenvalue weighted by Gasteiger charge is 2.47. The summed E-state index contributed by atoms with van der Waals surface area (Å²) in [5, 5.41) is 2.81. The number of amides is 2. The minimum absolute atomic E-state index is 0.249. The molecule has 6 heteroatoms. The molecule has 0 fully saturated rings. The number of anilines is 1. The Hall–Kier alpha value is -2.21. The lowest BCUT2D eigenvalue weighted by atomic mass is 10.1. The third-order valence-corrected chi connectivity index (χ3v) is 4.95. The Morgan fingerprint density at radius 2 is 2.09 bits per heavy atom. The summed E-state index contributed by atoms with van der Waals surface area (Å²) in [4.78, 5) is 27.6. The van der Waals surface area contributed by atoms with E-state index in [1.165, 1.54) is 16.7 Å². The molecule has 2 amide bonds. The first kappa shape index (κ1) is 14.7. The maximum atomic E-state index is 12.8. The summed E-state index contributed by atoms with van der Waals surface area (Å²) >= 11 is 1.28. The molecule has 114 valence electrons. The molecule has 1 atom stereocenters. The number of rotatable bonds is 3. The number of furan rings is 1. The first-order valence-corrected chi connectivity index (χ1v) is 7.70. The molecule has 1 aromatic carbocycles. The summed E-state index contributed by atoms with van der Waals surface area (Å²) < 4.78 is 4.07. The van der Waals surface area contributed by atoms with Gasteiger partial charge in [0.05, 0.1) is 18.5 Å². The minimum atomic E-state index is -1.18. The van der Waals surface area contributed by atoms with Crippen molar-refractivity contribution in [3.63, 3.8) is 0 Å². The van der Waals surface area contributed by atoms with Crippen molar-refractivity contribution in [3.05, 3.63) is 48.4 Å². The van der Waals surface area contributed by atoms with Crippen LogP contribution in [0, 0.1) is 0 Å². The zero-order valence-electron chi connectivity index (χ0n) is 12.3. The molecule has 0 unspecified atom stereocenters. The highest BCUT2D eigenvalue weighted by Crippen LogP contribution is 2.43. The van der Waals surface area contributed by atoms with Crippen molar-refractivity contribution in [3.8, 4) is 0 Å². The van der Waals surface area contributed by atoms with Crippen LogP contribution in [-0.4, -0.2) is 28.5 Å². The number of hydrogen-bond donors (Lipinski definition) is 1. The van der Waals surface area contributed by atoms with Gasteiger partial charge in [-0.15, -0.1) is 0 Å². The first-order valence-electron chi connectivity index (χ1n) is 6.88. The minimum Gasteiger partial charge on any atom is -0.467 e. The predicted molar refractivity (Wildman–Crippen MR) is 84.5 cm³/mol. The van der Waals surface area contributed by atoms with Crippen molar-refractivity contribution in [2.45, 2.75) is 23.1 Å². The van der Waals surface area contributed by atoms with Crippen LogP contribution in [0.3, 0.4) is 0 Å². The first-order chi connectivity index (χ1) is 10.5. The fourth-order valence-corrected chi connectivity index (χ4v) is 3.58. The fourth-order valence-electron chi connectivity index (χ4n) is 2.38. The van der Waals surface area contributed by atoms with Crippen LogP contribution in [0.15, 0.2) is 52.0 Å². The van der Waals surface area contributed by atoms with Gasteiger partial charge in [-0.3, -0.25) is 9.59 Å². The molecule has 1 N–H and O–H groups in total. The molecule has 0 saturated heterocycles. The Morgan fingerprint density at radius 1 is 1.32 bits per heavy atom. The Morgan fingerprint density at radius 3 is 2.82 bits per heavy atom. The van der Waals surface area contributed by atoms with E-state index in [1.807, 2.05) is 24.3 Å². The Balaban J connectivity index is 1.83. The highest BCUT2D eigenvalue weighted by atomic mass is 32.2. The molecule has 2 aromatic rings. The molecule has 0 bridgehead atoms. The number of benzene rings is 1. The largest absolute Gasteiger partial charge is 0.467 e. The number of fused-ring (bicyclic) bond motifs is 1. The Kier molecular flexibility index (Phi) is 3.70. The van der Waals surface area contributed by atoms with Gasteiger partial charge >= 0.3 is 0 Å². The molecule has 0 saturated carbocycles. The lowest BCUT2D eigenvalue weighted by Gasteiger charge is -2.34. The number of hydrogen-bond acceptors (Lipinski definition) is 4. The molecule has 1 aliphatic rings. The van der Waals surface area contributed by atoms with Crippen molar-refractivity contribution in [1.82, 2.24) is 4.90 Å². The molecule has 0 spiro atoms. The van der Waals surface area contributed by atoms with Crippen molar-refractivity contribution < 1.29 is 14.0 Å². The fraction of sp³-hybridized carbons (Fsp3) is 0.250. The van der Waals surface area contributed by atoms with E-state index in [0.717, 1.165) is 10.6 Å². The molecule has 0 aliphatic carbocycles. The van der Waals surface area contributed by atoms with Crippen LogP contribution in [0.1, 0.15) is 12.7 Å². The standard InChI is InChI=1S/C16H16N2O3S/c1-16(15(20)18(2)10-11-6-5-9-21-11)14(19)17-12-7-3-4-8-13(12)22-16/h3-9H,10H2,1-2H3,(H,17,19)/t16-/m0/s1. The average Bonchev–Trinajstić information content (AvgIpc) is 3.00. The van der Waals surface area contributed by atoms with Gasteiger partial charge in [-0.05, 0) is 31.2 Å². The Bertz CT molecular complexity index is 714. The van der Waals surface area contributed by atoms with Gasteiger partial charge in [0.2, 0.25) is 11.8 Å². The van der Waals surface area contributed by atoms with Gasteiger partial charge < -0.3 is 14.6 Å². The quantitative estimate of drug-likeness (QED) is 0.885. The van der Waals surface area contributed by atoms with E-state index in [9.17, 15) is 9.59 Å². The van der Waals surface area contributed by atoms with E-state index in [2.05, 4.69) is 5.32 Å². The summed E-state index contributed by atoms with van der Waals surface area (Å²) in [6.45, 7) is 1.99. The summed E-state index contributed by atoms with van der Waals surface area (Å²) in [7, 11) is 1.67. The van der Waals surface area contributed by atoms with Crippen molar-refractivity contribution >= 4 is 29.3 Å². The third-order valence-electron chi connectivity index (χ3n) is 3.61. The second-order valence-corrected chi connectivity index (χ2v) is 6.79. The number of carbonyl (C=O) groups excluding carboxylic acids is 2. The van der Waals surface area contributed by atoms with Gasteiger partial charge in [0.15, 0.2) is 4.75 Å². The maximum Gasteiger partial charge on any atom is 0.250 e. The number of nitrogens with zero attached hydrogens (tertiary/aromatic N) is 1. The second-order valence-electron chi connectivity index (χ2n) is 5.33. The lowest BCUT2D eigenvalue weighted by Crippen LogP contribution is -2.52. The SMILES string of the molecule is CN(Cc1ccco1)C(=O)[C@@]1(C)Sc2ccccc2NC1=O. The molecule has 5 nitrogen and oxygen atoms in total. The predicted octanol–water partition coefficient (Wildman–Crippen LogP) is 2.74. The molecule has 3 rings (SSSR count). The van der Waals surface area contributed by atoms with E-state index in [0.29, 0.717) is 12.3 Å². The van der Waals surface area contributed by atoms with Gasteiger partial charge in [0.1, 0.15) is 5.76 Å². The molecular weight excluding hydrogens is 300 g/mol. The summed E-state index contributed by atoms with van der Waals surface area (Å²) in [5.74, 6) is 0.134. The van der Waals surface area contributed by atoms with Crippen molar-refractivity contribution in [1.29, 1.82) is 0 Å². The van der Waals surface area contributed by atoms with E-state index in [4.69, 9.17) is 4.42 Å². The lowest BCUT2D eigenvalue weighted by molar-refractivity contribution is -0.137. The van der Waals surface area contributed by atoms with E-state index in [-0.39, 0.29) is 11.8 Å².